The molecule has 0 atom stereocenters. The minimum Gasteiger partial charge on any atom is -0.320 e. The first-order chi connectivity index (χ1) is 9.97. The third-order valence-electron chi connectivity index (χ3n) is 2.35. The van der Waals surface area contributed by atoms with E-state index >= 15 is 0 Å². The van der Waals surface area contributed by atoms with Crippen molar-refractivity contribution < 1.29 is 18.5 Å². The van der Waals surface area contributed by atoms with Crippen molar-refractivity contribution in [3.05, 3.63) is 51.4 Å². The highest BCUT2D eigenvalue weighted by Gasteiger charge is 2.17. The molecule has 1 N–H and O–H groups in total. The second kappa shape index (κ2) is 6.64. The molecule has 0 aliphatic rings. The van der Waals surface area contributed by atoms with E-state index in [1.807, 2.05) is 0 Å². The van der Waals surface area contributed by atoms with Crippen molar-refractivity contribution in [2.24, 2.45) is 0 Å². The van der Waals surface area contributed by atoms with Crippen LogP contribution in [0, 0.1) is 10.1 Å². The molecule has 1 amide bonds. The Morgan fingerprint density at radius 3 is 2.62 bits per heavy atom. The van der Waals surface area contributed by atoms with Gasteiger partial charge in [0.1, 0.15) is 0 Å². The van der Waals surface area contributed by atoms with Gasteiger partial charge in [0.2, 0.25) is 0 Å². The lowest BCUT2D eigenvalue weighted by Crippen LogP contribution is -2.10. The summed E-state index contributed by atoms with van der Waals surface area (Å²) in [7, 11) is 0. The fourth-order valence-corrected chi connectivity index (χ4v) is 2.81. The van der Waals surface area contributed by atoms with E-state index < -0.39 is 16.6 Å². The number of hydrogen-bond acceptors (Lipinski definition) is 5. The minimum absolute atomic E-state index is 0.138. The summed E-state index contributed by atoms with van der Waals surface area (Å²) >= 11 is 1.04. The van der Waals surface area contributed by atoms with Crippen LogP contribution in [0.5, 0.6) is 0 Å². The molecule has 0 aliphatic heterocycles. The van der Waals surface area contributed by atoms with Gasteiger partial charge in [-0.25, -0.2) is 0 Å². The van der Waals surface area contributed by atoms with Crippen molar-refractivity contribution in [2.45, 2.75) is 10.7 Å². The number of halogens is 2. The van der Waals surface area contributed by atoms with Gasteiger partial charge in [-0.15, -0.1) is 0 Å². The Morgan fingerprint density at radius 2 is 2.00 bits per heavy atom. The van der Waals surface area contributed by atoms with Gasteiger partial charge >= 0.3 is 5.00 Å². The number of nitrogens with zero attached hydrogens (tertiary/aromatic N) is 1. The van der Waals surface area contributed by atoms with E-state index in [2.05, 4.69) is 5.32 Å². The Balaban J connectivity index is 2.17. The Kier molecular flexibility index (Phi) is 4.86. The maximum absolute atomic E-state index is 12.4. The first-order valence-electron chi connectivity index (χ1n) is 5.57. The minimum atomic E-state index is -2.61. The van der Waals surface area contributed by atoms with Crippen LogP contribution < -0.4 is 5.32 Å². The average molecular weight is 330 g/mol. The number of para-hydroxylation sites is 1. The van der Waals surface area contributed by atoms with Gasteiger partial charge in [0.25, 0.3) is 11.7 Å². The second-order valence-corrected chi connectivity index (χ2v) is 5.82. The number of alkyl halides is 2. The van der Waals surface area contributed by atoms with Crippen LogP contribution >= 0.6 is 23.1 Å². The fourth-order valence-electron chi connectivity index (χ4n) is 1.50. The summed E-state index contributed by atoms with van der Waals surface area (Å²) in [6, 6.07) is 8.67. The van der Waals surface area contributed by atoms with Gasteiger partial charge in [-0.3, -0.25) is 14.9 Å². The van der Waals surface area contributed by atoms with Crippen molar-refractivity contribution in [2.75, 3.05) is 5.32 Å². The van der Waals surface area contributed by atoms with Crippen LogP contribution in [0.2, 0.25) is 0 Å². The summed E-state index contributed by atoms with van der Waals surface area (Å²) in [4.78, 5) is 22.3. The molecule has 0 saturated carbocycles. The van der Waals surface area contributed by atoms with E-state index in [9.17, 15) is 23.7 Å². The number of nitrogens with one attached hydrogen (secondary N) is 1. The topological polar surface area (TPSA) is 72.2 Å². The normalized spacial score (nSPS) is 10.6. The lowest BCUT2D eigenvalue weighted by Gasteiger charge is -2.09. The van der Waals surface area contributed by atoms with Crippen LogP contribution in [0.3, 0.4) is 0 Å². The molecule has 2 aromatic rings. The van der Waals surface area contributed by atoms with Gasteiger partial charge in [-0.05, 0) is 18.2 Å². The maximum Gasteiger partial charge on any atom is 0.324 e. The molecule has 0 saturated heterocycles. The fraction of sp³-hybridized carbons (Fsp3) is 0.0833. The summed E-state index contributed by atoms with van der Waals surface area (Å²) < 4.78 is 24.9. The van der Waals surface area contributed by atoms with Crippen molar-refractivity contribution in [1.29, 1.82) is 0 Å². The number of thiophene rings is 1. The van der Waals surface area contributed by atoms with Crippen molar-refractivity contribution in [3.8, 4) is 0 Å². The zero-order valence-electron chi connectivity index (χ0n) is 10.3. The second-order valence-electron chi connectivity index (χ2n) is 3.72. The molecule has 21 heavy (non-hydrogen) atoms. The van der Waals surface area contributed by atoms with E-state index in [0.717, 1.165) is 11.3 Å². The van der Waals surface area contributed by atoms with Gasteiger partial charge in [0, 0.05) is 11.0 Å². The summed E-state index contributed by atoms with van der Waals surface area (Å²) in [6.07, 6.45) is 0. The molecule has 0 bridgehead atoms. The van der Waals surface area contributed by atoms with E-state index in [1.54, 1.807) is 12.1 Å². The van der Waals surface area contributed by atoms with Crippen molar-refractivity contribution >= 4 is 39.7 Å². The van der Waals surface area contributed by atoms with E-state index in [4.69, 9.17) is 0 Å². The molecule has 1 heterocycles. The predicted molar refractivity (Wildman–Crippen MR) is 77.2 cm³/mol. The summed E-state index contributed by atoms with van der Waals surface area (Å²) in [5.41, 5.74) is 0.240. The van der Waals surface area contributed by atoms with Gasteiger partial charge in [-0.1, -0.05) is 35.2 Å². The zero-order chi connectivity index (χ0) is 15.4. The molecule has 0 aliphatic carbocycles. The predicted octanol–water partition coefficient (Wildman–Crippen LogP) is 4.22. The third kappa shape index (κ3) is 3.99. The van der Waals surface area contributed by atoms with Crippen LogP contribution in [0.1, 0.15) is 9.67 Å². The number of anilines is 1. The molecule has 5 nitrogen and oxygen atoms in total. The summed E-state index contributed by atoms with van der Waals surface area (Å²) in [5, 5.41) is 12.9. The Hall–Kier alpha value is -2.00. The van der Waals surface area contributed by atoms with Crippen molar-refractivity contribution in [3.63, 3.8) is 0 Å². The highest BCUT2D eigenvalue weighted by molar-refractivity contribution is 7.99. The monoisotopic (exact) mass is 330 g/mol. The van der Waals surface area contributed by atoms with E-state index in [0.29, 0.717) is 11.8 Å². The molecule has 1 aromatic carbocycles. The van der Waals surface area contributed by atoms with Gasteiger partial charge in [-0.2, -0.15) is 8.78 Å². The number of hydrogen-bond donors (Lipinski definition) is 1. The number of carbonyl (C=O) groups is 1. The van der Waals surface area contributed by atoms with Gasteiger partial charge in [0.15, 0.2) is 0 Å². The van der Waals surface area contributed by atoms with Crippen LogP contribution in [-0.4, -0.2) is 16.6 Å². The molecule has 0 spiro atoms. The molecule has 0 fully saturated rings. The van der Waals surface area contributed by atoms with Gasteiger partial charge in [0.05, 0.1) is 15.5 Å². The zero-order valence-corrected chi connectivity index (χ0v) is 11.9. The average Bonchev–Trinajstić information content (AvgIpc) is 2.90. The van der Waals surface area contributed by atoms with E-state index in [1.165, 1.54) is 24.3 Å². The molecule has 9 heteroatoms. The number of carbonyl (C=O) groups excluding carboxylic acids is 1. The lowest BCUT2D eigenvalue weighted by molar-refractivity contribution is -0.380. The number of nitro groups is 1. The standard InChI is InChI=1S/C12H8F2N2O3S2/c13-12(14)21-8-4-2-1-3-7(8)15-11(17)9-5-6-10(20-9)16(18)19/h1-6,12H,(H,15,17). The largest absolute Gasteiger partial charge is 0.324 e. The highest BCUT2D eigenvalue weighted by Crippen LogP contribution is 2.32. The van der Waals surface area contributed by atoms with Crippen LogP contribution in [0.4, 0.5) is 19.5 Å². The quantitative estimate of drug-likeness (QED) is 0.506. The smallest absolute Gasteiger partial charge is 0.320 e. The number of benzene rings is 1. The van der Waals surface area contributed by atoms with Crippen LogP contribution in [-0.2, 0) is 0 Å². The Morgan fingerprint density at radius 1 is 1.29 bits per heavy atom. The van der Waals surface area contributed by atoms with Crippen LogP contribution in [0.25, 0.3) is 0 Å². The molecule has 0 unspecified atom stereocenters. The SMILES string of the molecule is O=C(Nc1ccccc1SC(F)F)c1ccc([N+](=O)[O-])s1. The Labute approximate surface area is 126 Å². The number of rotatable bonds is 5. The molecular weight excluding hydrogens is 322 g/mol. The molecule has 2 rings (SSSR count). The highest BCUT2D eigenvalue weighted by atomic mass is 32.2. The third-order valence-corrected chi connectivity index (χ3v) is 4.17. The molecule has 0 radical (unpaired) electrons. The first kappa shape index (κ1) is 15.4. The van der Waals surface area contributed by atoms with Gasteiger partial charge < -0.3 is 5.32 Å². The number of amides is 1. The maximum atomic E-state index is 12.4. The lowest BCUT2D eigenvalue weighted by atomic mass is 10.3. The first-order valence-corrected chi connectivity index (χ1v) is 7.26. The van der Waals surface area contributed by atoms with Crippen LogP contribution in [0.15, 0.2) is 41.3 Å². The molecule has 110 valence electrons. The molecule has 1 aromatic heterocycles. The summed E-state index contributed by atoms with van der Waals surface area (Å²) in [6.45, 7) is 0. The van der Waals surface area contributed by atoms with Crippen molar-refractivity contribution in [1.82, 2.24) is 0 Å². The summed E-state index contributed by atoms with van der Waals surface area (Å²) in [5.74, 6) is -3.18. The van der Waals surface area contributed by atoms with E-state index in [-0.39, 0.29) is 20.5 Å². The molecular formula is C12H8F2N2O3S2. The Bertz CT molecular complexity index is 676. The number of thioether (sulfide) groups is 1.